The Hall–Kier alpha value is -1.27. The second-order valence-corrected chi connectivity index (χ2v) is 13.0. The molecule has 6 nitrogen and oxygen atoms in total. The Morgan fingerprint density at radius 3 is 2.44 bits per heavy atom. The molecule has 0 aliphatic heterocycles. The molecule has 11 heteroatoms. The van der Waals surface area contributed by atoms with Gasteiger partial charge in [-0.3, -0.25) is 4.21 Å². The Bertz CT molecular complexity index is 823. The summed E-state index contributed by atoms with van der Waals surface area (Å²) in [6.07, 6.45) is 0.292. The lowest BCUT2D eigenvalue weighted by Gasteiger charge is -2.20. The van der Waals surface area contributed by atoms with Gasteiger partial charge in [0.1, 0.15) is 11.6 Å². The molecule has 2 N–H and O–H groups in total. The van der Waals surface area contributed by atoms with Crippen LogP contribution in [-0.2, 0) is 11.3 Å². The van der Waals surface area contributed by atoms with Crippen LogP contribution in [0, 0.1) is 11.6 Å². The maximum atomic E-state index is 13.6. The summed E-state index contributed by atoms with van der Waals surface area (Å²) in [5.74, 6) is -1.81. The lowest BCUT2D eigenvalue weighted by molar-refractivity contribution is 0.438. The van der Waals surface area contributed by atoms with Crippen LogP contribution in [0.25, 0.3) is 11.3 Å². The zero-order chi connectivity index (χ0) is 20.4. The molecule has 0 fully saturated rings. The van der Waals surface area contributed by atoms with Crippen molar-refractivity contribution in [1.82, 2.24) is 4.72 Å². The molecule has 2 aromatic rings. The lowest BCUT2D eigenvalue weighted by Crippen LogP contribution is -2.29. The first-order chi connectivity index (χ1) is 12.5. The second kappa shape index (κ2) is 8.82. The van der Waals surface area contributed by atoms with E-state index < -0.39 is 36.0 Å². The van der Waals surface area contributed by atoms with E-state index in [1.807, 2.05) is 19.6 Å². The molecule has 1 heterocycles. The molecule has 0 spiro atoms. The summed E-state index contributed by atoms with van der Waals surface area (Å²) in [5.41, 5.74) is 0.0233. The summed E-state index contributed by atoms with van der Waals surface area (Å²) in [6.45, 7) is 5.81. The molecule has 2 rings (SSSR count). The first-order valence-corrected chi connectivity index (χ1v) is 13.4. The monoisotopic (exact) mass is 482 g/mol. The quantitative estimate of drug-likeness (QED) is 0.331. The number of rotatable bonds is 8. The fourth-order valence-electron chi connectivity index (χ4n) is 2.32. The van der Waals surface area contributed by atoms with Crippen LogP contribution in [0.5, 0.6) is 11.5 Å². The van der Waals surface area contributed by atoms with Gasteiger partial charge in [0.25, 0.3) is 0 Å². The Morgan fingerprint density at radius 2 is 1.93 bits per heavy atom. The number of aromatic hydroxyl groups is 1. The first-order valence-electron chi connectivity index (χ1n) is 7.96. The number of halogens is 3. The van der Waals surface area contributed by atoms with Crippen molar-refractivity contribution in [3.8, 4) is 22.8 Å². The van der Waals surface area contributed by atoms with Crippen molar-refractivity contribution in [2.24, 2.45) is 0 Å². The van der Waals surface area contributed by atoms with Crippen molar-refractivity contribution in [1.29, 1.82) is 0 Å². The van der Waals surface area contributed by atoms with Crippen molar-refractivity contribution in [2.75, 3.05) is 6.54 Å². The van der Waals surface area contributed by atoms with Crippen LogP contribution in [0.1, 0.15) is 17.0 Å². The number of nitrogens with one attached hydrogen (secondary N) is 1. The Morgan fingerprint density at radius 1 is 1.33 bits per heavy atom. The zero-order valence-electron chi connectivity index (χ0n) is 14.8. The molecule has 0 aliphatic rings. The van der Waals surface area contributed by atoms with Crippen LogP contribution in [-0.4, -0.2) is 28.7 Å². The van der Waals surface area contributed by atoms with Gasteiger partial charge in [-0.15, -0.1) is 0 Å². The lowest BCUT2D eigenvalue weighted by atomic mass is 10.1. The van der Waals surface area contributed by atoms with Gasteiger partial charge in [0, 0.05) is 29.4 Å². The fraction of sp³-hybridized carbons (Fsp3) is 0.375. The Balaban J connectivity index is 2.46. The van der Waals surface area contributed by atoms with E-state index in [0.29, 0.717) is 12.5 Å². The highest BCUT2D eigenvalue weighted by atomic mass is 79.9. The minimum atomic E-state index is -2.40. The summed E-state index contributed by atoms with van der Waals surface area (Å²) < 4.78 is 62.2. The van der Waals surface area contributed by atoms with E-state index in [4.69, 9.17) is 8.84 Å². The number of hydrogen-bond acceptors (Lipinski definition) is 5. The molecule has 27 heavy (non-hydrogen) atoms. The molecule has 0 radical (unpaired) electrons. The summed E-state index contributed by atoms with van der Waals surface area (Å²) in [7, 11) is -2.17. The topological polar surface area (TPSA) is 94.8 Å². The first kappa shape index (κ1) is 22.0. The van der Waals surface area contributed by atoms with Gasteiger partial charge in [-0.05, 0) is 38.2 Å². The smallest absolute Gasteiger partial charge is 0.242 e. The molecule has 0 aliphatic carbocycles. The van der Waals surface area contributed by atoms with E-state index in [0.717, 1.165) is 12.1 Å². The Kier molecular flexibility index (Phi) is 7.19. The molecule has 2 unspecified atom stereocenters. The number of hydrogen-bond donors (Lipinski definition) is 2. The molecular weight excluding hydrogens is 464 g/mol. The number of furan rings is 1. The third-order valence-corrected chi connectivity index (χ3v) is 5.43. The van der Waals surface area contributed by atoms with Crippen molar-refractivity contribution >= 4 is 35.5 Å². The van der Waals surface area contributed by atoms with Crippen LogP contribution in [0.2, 0.25) is 19.6 Å². The molecule has 150 valence electrons. The third-order valence-electron chi connectivity index (χ3n) is 3.30. The summed E-state index contributed by atoms with van der Waals surface area (Å²) in [5, 5.41) is 10.6. The average molecular weight is 483 g/mol. The van der Waals surface area contributed by atoms with Gasteiger partial charge in [-0.25, -0.2) is 13.5 Å². The molecule has 0 bridgehead atoms. The maximum Gasteiger partial charge on any atom is 0.242 e. The molecule has 2 atom stereocenters. The summed E-state index contributed by atoms with van der Waals surface area (Å²) in [6, 6.07) is 2.79. The van der Waals surface area contributed by atoms with Crippen LogP contribution in [0.15, 0.2) is 22.6 Å². The van der Waals surface area contributed by atoms with E-state index in [1.165, 1.54) is 0 Å². The molecule has 1 aromatic heterocycles. The van der Waals surface area contributed by atoms with Gasteiger partial charge in [-0.1, -0.05) is 15.9 Å². The minimum absolute atomic E-state index is 0.0233. The normalized spacial score (nSPS) is 14.2. The highest BCUT2D eigenvalue weighted by molar-refractivity contribution is 9.09. The van der Waals surface area contributed by atoms with Gasteiger partial charge in [0.2, 0.25) is 14.1 Å². The Labute approximate surface area is 167 Å². The molecule has 0 amide bonds. The maximum absolute atomic E-state index is 13.6. The van der Waals surface area contributed by atoms with Gasteiger partial charge in [-0.2, -0.15) is 0 Å². The average Bonchev–Trinajstić information content (AvgIpc) is 2.81. The molecular formula is C16H19BrF2NO5SSi-. The SMILES string of the molecule is C[Si](C)(C)Oc1c(C(Br)CCNS(=O)[O-])oc(-c2cc(F)cc(F)c2)c1O. The molecule has 0 saturated carbocycles. The van der Waals surface area contributed by atoms with Crippen LogP contribution >= 0.6 is 15.9 Å². The number of benzene rings is 1. The predicted octanol–water partition coefficient (Wildman–Crippen LogP) is 4.35. The standard InChI is InChI=1S/C16H20BrF2NO5SSi/c1-27(2,3)25-16-13(21)14(9-6-10(18)8-11(19)7-9)24-15(16)12(17)4-5-20-26(22)23/h6-8,12,20-21H,4-5H2,1-3H3,(H,22,23)/p-1. The highest BCUT2D eigenvalue weighted by Crippen LogP contribution is 2.48. The van der Waals surface area contributed by atoms with Crippen LogP contribution < -0.4 is 9.15 Å². The summed E-state index contributed by atoms with van der Waals surface area (Å²) in [4.78, 5) is -0.502. The van der Waals surface area contributed by atoms with E-state index in [9.17, 15) is 22.6 Å². The van der Waals surface area contributed by atoms with Crippen molar-refractivity contribution in [2.45, 2.75) is 30.9 Å². The van der Waals surface area contributed by atoms with E-state index in [2.05, 4.69) is 20.7 Å². The predicted molar refractivity (Wildman–Crippen MR) is 103 cm³/mol. The van der Waals surface area contributed by atoms with Crippen molar-refractivity contribution < 1.29 is 31.5 Å². The fourth-order valence-corrected chi connectivity index (χ4v) is 3.94. The van der Waals surface area contributed by atoms with E-state index in [-0.39, 0.29) is 35.1 Å². The largest absolute Gasteiger partial charge is 0.760 e. The summed E-state index contributed by atoms with van der Waals surface area (Å²) >= 11 is 0.983. The number of alkyl halides is 1. The van der Waals surface area contributed by atoms with E-state index >= 15 is 0 Å². The second-order valence-electron chi connectivity index (χ2n) is 6.73. The van der Waals surface area contributed by atoms with Gasteiger partial charge in [0.05, 0.1) is 4.83 Å². The minimum Gasteiger partial charge on any atom is -0.760 e. The highest BCUT2D eigenvalue weighted by Gasteiger charge is 2.31. The van der Waals surface area contributed by atoms with Crippen LogP contribution in [0.4, 0.5) is 8.78 Å². The van der Waals surface area contributed by atoms with Gasteiger partial charge < -0.3 is 18.5 Å². The molecule has 1 aromatic carbocycles. The van der Waals surface area contributed by atoms with Crippen molar-refractivity contribution in [3.63, 3.8) is 0 Å². The van der Waals surface area contributed by atoms with Crippen LogP contribution in [0.3, 0.4) is 0 Å². The third kappa shape index (κ3) is 6.11. The van der Waals surface area contributed by atoms with Crippen molar-refractivity contribution in [3.05, 3.63) is 35.6 Å². The van der Waals surface area contributed by atoms with Gasteiger partial charge >= 0.3 is 0 Å². The van der Waals surface area contributed by atoms with E-state index in [1.54, 1.807) is 0 Å². The van der Waals surface area contributed by atoms with Gasteiger partial charge in [0.15, 0.2) is 17.3 Å². The zero-order valence-corrected chi connectivity index (χ0v) is 18.2. The molecule has 0 saturated heterocycles.